The van der Waals surface area contributed by atoms with Crippen LogP contribution in [0.5, 0.6) is 23.0 Å². The summed E-state index contributed by atoms with van der Waals surface area (Å²) in [4.78, 5) is 47.7. The van der Waals surface area contributed by atoms with Gasteiger partial charge in [-0.15, -0.1) is 0 Å². The number of hydrogen-bond acceptors (Lipinski definition) is 8. The highest BCUT2D eigenvalue weighted by atomic mass is 16.5. The van der Waals surface area contributed by atoms with Crippen LogP contribution in [0.3, 0.4) is 0 Å². The Labute approximate surface area is 239 Å². The second-order valence-electron chi connectivity index (χ2n) is 9.00. The van der Waals surface area contributed by atoms with Crippen LogP contribution in [-0.4, -0.2) is 36.7 Å². The zero-order valence-electron chi connectivity index (χ0n) is 22.9. The van der Waals surface area contributed by atoms with Crippen molar-refractivity contribution in [1.82, 2.24) is 0 Å². The molecule has 8 heteroatoms. The fourth-order valence-electron chi connectivity index (χ4n) is 3.58. The summed E-state index contributed by atoms with van der Waals surface area (Å²) in [6.07, 6.45) is 4.47. The number of carbonyl (C=O) groups is 4. The lowest BCUT2D eigenvalue weighted by molar-refractivity contribution is -0.115. The van der Waals surface area contributed by atoms with Gasteiger partial charge in [0.1, 0.15) is 23.0 Å². The van der Waals surface area contributed by atoms with Crippen molar-refractivity contribution in [2.75, 3.05) is 13.2 Å². The standard InChI is InChI=1S/C33H32O8/c1-4-26(34)8-6-20-38-28-14-10-24(11-15-28)32(36)40-30-18-19-31(23(3)22-30)41-33(37)25-12-16-29(17-13-25)39-21-7-9-27(35)5-2/h4-5,10-19,22H,1-2,6-9,20-21H2,3H3. The summed E-state index contributed by atoms with van der Waals surface area (Å²) in [5.41, 5.74) is 1.29. The maximum absolute atomic E-state index is 12.6. The van der Waals surface area contributed by atoms with Crippen LogP contribution >= 0.6 is 0 Å². The zero-order valence-corrected chi connectivity index (χ0v) is 22.9. The Bertz CT molecular complexity index is 1390. The van der Waals surface area contributed by atoms with Crippen LogP contribution in [-0.2, 0) is 9.59 Å². The van der Waals surface area contributed by atoms with Gasteiger partial charge in [0.25, 0.3) is 0 Å². The van der Waals surface area contributed by atoms with E-state index in [2.05, 4.69) is 13.2 Å². The van der Waals surface area contributed by atoms with E-state index in [9.17, 15) is 19.2 Å². The molecule has 3 rings (SSSR count). The highest BCUT2D eigenvalue weighted by Crippen LogP contribution is 2.26. The van der Waals surface area contributed by atoms with Gasteiger partial charge in [0.15, 0.2) is 11.6 Å². The summed E-state index contributed by atoms with van der Waals surface area (Å²) in [7, 11) is 0. The average Bonchev–Trinajstić information content (AvgIpc) is 2.99. The van der Waals surface area contributed by atoms with Crippen LogP contribution in [0.2, 0.25) is 0 Å². The van der Waals surface area contributed by atoms with E-state index in [1.807, 2.05) is 0 Å². The minimum absolute atomic E-state index is 0.0307. The molecule has 0 N–H and O–H groups in total. The fourth-order valence-corrected chi connectivity index (χ4v) is 3.58. The maximum atomic E-state index is 12.6. The Hall–Kier alpha value is -4.98. The molecular formula is C33H32O8. The van der Waals surface area contributed by atoms with Crippen molar-refractivity contribution in [2.45, 2.75) is 32.6 Å². The third-order valence-electron chi connectivity index (χ3n) is 5.87. The minimum Gasteiger partial charge on any atom is -0.494 e. The van der Waals surface area contributed by atoms with Crippen molar-refractivity contribution in [3.63, 3.8) is 0 Å². The number of ketones is 2. The Balaban J connectivity index is 1.49. The number of aryl methyl sites for hydroxylation is 1. The van der Waals surface area contributed by atoms with Gasteiger partial charge in [-0.3, -0.25) is 9.59 Å². The van der Waals surface area contributed by atoms with Crippen molar-refractivity contribution in [3.05, 3.63) is 109 Å². The van der Waals surface area contributed by atoms with Crippen LogP contribution in [0.25, 0.3) is 0 Å². The molecule has 3 aromatic carbocycles. The molecule has 0 amide bonds. The first-order chi connectivity index (χ1) is 19.8. The molecule has 0 saturated carbocycles. The normalized spacial score (nSPS) is 10.3. The van der Waals surface area contributed by atoms with Gasteiger partial charge in [0.2, 0.25) is 0 Å². The van der Waals surface area contributed by atoms with Crippen LogP contribution in [0.15, 0.2) is 92.0 Å². The molecule has 0 radical (unpaired) electrons. The minimum atomic E-state index is -0.549. The van der Waals surface area contributed by atoms with Gasteiger partial charge in [-0.05, 0) is 104 Å². The highest BCUT2D eigenvalue weighted by Gasteiger charge is 2.14. The van der Waals surface area contributed by atoms with E-state index in [4.69, 9.17) is 18.9 Å². The van der Waals surface area contributed by atoms with E-state index in [0.29, 0.717) is 78.6 Å². The second kappa shape index (κ2) is 15.6. The Morgan fingerprint density at radius 1 is 0.634 bits per heavy atom. The first-order valence-corrected chi connectivity index (χ1v) is 13.1. The Kier molecular flexibility index (Phi) is 11.6. The number of esters is 2. The van der Waals surface area contributed by atoms with Crippen LogP contribution in [0.1, 0.15) is 52.0 Å². The van der Waals surface area contributed by atoms with Crippen LogP contribution < -0.4 is 18.9 Å². The molecule has 3 aromatic rings. The lowest BCUT2D eigenvalue weighted by Gasteiger charge is -2.11. The molecule has 41 heavy (non-hydrogen) atoms. The first kappa shape index (κ1) is 30.6. The van der Waals surface area contributed by atoms with E-state index in [1.165, 1.54) is 12.2 Å². The van der Waals surface area contributed by atoms with E-state index in [-0.39, 0.29) is 11.6 Å². The summed E-state index contributed by atoms with van der Waals surface area (Å²) in [5.74, 6) is 0.632. The van der Waals surface area contributed by atoms with Crippen molar-refractivity contribution in [2.24, 2.45) is 0 Å². The predicted octanol–water partition coefficient (Wildman–Crippen LogP) is 6.26. The molecule has 0 saturated heterocycles. The Morgan fingerprint density at radius 2 is 1.07 bits per heavy atom. The number of rotatable bonds is 16. The van der Waals surface area contributed by atoms with Crippen molar-refractivity contribution in [3.8, 4) is 23.0 Å². The third kappa shape index (κ3) is 9.93. The summed E-state index contributed by atoms with van der Waals surface area (Å²) in [5, 5.41) is 0. The second-order valence-corrected chi connectivity index (χ2v) is 9.00. The quantitative estimate of drug-likeness (QED) is 0.0881. The highest BCUT2D eigenvalue weighted by molar-refractivity contribution is 5.92. The van der Waals surface area contributed by atoms with Gasteiger partial charge < -0.3 is 18.9 Å². The number of hydrogen-bond donors (Lipinski definition) is 0. The molecule has 0 aliphatic rings. The molecule has 0 aromatic heterocycles. The zero-order chi connectivity index (χ0) is 29.6. The molecule has 0 aliphatic heterocycles. The lowest BCUT2D eigenvalue weighted by atomic mass is 10.2. The van der Waals surface area contributed by atoms with E-state index in [0.717, 1.165) is 0 Å². The van der Waals surface area contributed by atoms with Crippen molar-refractivity contribution < 1.29 is 38.1 Å². The SMILES string of the molecule is C=CC(=O)CCCOc1ccc(C(=O)Oc2ccc(OC(=O)c3ccc(OCCCC(=O)C=C)cc3)c(C)c2)cc1. The number of ether oxygens (including phenoxy) is 4. The summed E-state index contributed by atoms with van der Waals surface area (Å²) < 4.78 is 22.2. The molecule has 0 unspecified atom stereocenters. The number of benzene rings is 3. The predicted molar refractivity (Wildman–Crippen MR) is 154 cm³/mol. The van der Waals surface area contributed by atoms with E-state index >= 15 is 0 Å². The largest absolute Gasteiger partial charge is 0.494 e. The molecule has 0 heterocycles. The lowest BCUT2D eigenvalue weighted by Crippen LogP contribution is -2.11. The van der Waals surface area contributed by atoms with E-state index in [1.54, 1.807) is 73.7 Å². The fraction of sp³-hybridized carbons (Fsp3) is 0.212. The number of carbonyl (C=O) groups excluding carboxylic acids is 4. The molecule has 0 spiro atoms. The molecule has 8 nitrogen and oxygen atoms in total. The smallest absolute Gasteiger partial charge is 0.343 e. The topological polar surface area (TPSA) is 105 Å². The first-order valence-electron chi connectivity index (χ1n) is 13.1. The number of allylic oxidation sites excluding steroid dienone is 2. The van der Waals surface area contributed by atoms with Gasteiger partial charge in [0, 0.05) is 12.8 Å². The summed E-state index contributed by atoms with van der Waals surface area (Å²) in [6, 6.07) is 17.7. The van der Waals surface area contributed by atoms with Crippen LogP contribution in [0, 0.1) is 6.92 Å². The van der Waals surface area contributed by atoms with Gasteiger partial charge in [-0.1, -0.05) is 13.2 Å². The molecule has 0 fully saturated rings. The van der Waals surface area contributed by atoms with Crippen LogP contribution in [0.4, 0.5) is 0 Å². The molecular weight excluding hydrogens is 524 g/mol. The van der Waals surface area contributed by atoms with Gasteiger partial charge >= 0.3 is 11.9 Å². The average molecular weight is 557 g/mol. The summed E-state index contributed by atoms with van der Waals surface area (Å²) in [6.45, 7) is 9.36. The summed E-state index contributed by atoms with van der Waals surface area (Å²) >= 11 is 0. The molecule has 0 bridgehead atoms. The molecule has 0 aliphatic carbocycles. The van der Waals surface area contributed by atoms with Crippen molar-refractivity contribution in [1.29, 1.82) is 0 Å². The maximum Gasteiger partial charge on any atom is 0.343 e. The van der Waals surface area contributed by atoms with Gasteiger partial charge in [0.05, 0.1) is 24.3 Å². The molecule has 0 atom stereocenters. The van der Waals surface area contributed by atoms with E-state index < -0.39 is 11.9 Å². The Morgan fingerprint density at radius 3 is 1.51 bits per heavy atom. The van der Waals surface area contributed by atoms with Gasteiger partial charge in [-0.2, -0.15) is 0 Å². The van der Waals surface area contributed by atoms with Crippen molar-refractivity contribution >= 4 is 23.5 Å². The van der Waals surface area contributed by atoms with Gasteiger partial charge in [-0.25, -0.2) is 9.59 Å². The molecule has 212 valence electrons. The third-order valence-corrected chi connectivity index (χ3v) is 5.87. The monoisotopic (exact) mass is 556 g/mol.